The highest BCUT2D eigenvalue weighted by Gasteiger charge is 2.11. The molecule has 0 saturated heterocycles. The van der Waals surface area contributed by atoms with Crippen LogP contribution in [0.2, 0.25) is 0 Å². The van der Waals surface area contributed by atoms with Crippen molar-refractivity contribution < 1.29 is 10.2 Å². The van der Waals surface area contributed by atoms with Crippen LogP contribution in [0.25, 0.3) is 0 Å². The molecule has 0 amide bonds. The molecule has 0 radical (unpaired) electrons. The molecule has 0 aliphatic rings. The fraction of sp³-hybridized carbons (Fsp3) is 0.455. The lowest BCUT2D eigenvalue weighted by Gasteiger charge is -2.16. The molecular weight excluding hydrogens is 296 g/mol. The molecule has 24 heavy (non-hydrogen) atoms. The number of hydrogen-bond acceptors (Lipinski definition) is 2. The van der Waals surface area contributed by atoms with Crippen LogP contribution in [0.1, 0.15) is 50.7 Å². The number of aryl methyl sites for hydroxylation is 2. The molecule has 2 aromatic rings. The SMILES string of the molecule is CC(C)(O)CCc1ccccc1.OCCCCCc1ccccc1. The zero-order valence-electron chi connectivity index (χ0n) is 15.1. The van der Waals surface area contributed by atoms with Crippen molar-refractivity contribution in [1.82, 2.24) is 0 Å². The van der Waals surface area contributed by atoms with Crippen LogP contribution in [0.4, 0.5) is 0 Å². The average molecular weight is 328 g/mol. The van der Waals surface area contributed by atoms with E-state index in [1.807, 2.05) is 38.1 Å². The molecule has 2 heteroatoms. The van der Waals surface area contributed by atoms with E-state index in [1.54, 1.807) is 0 Å². The quantitative estimate of drug-likeness (QED) is 0.685. The normalized spacial score (nSPS) is 10.8. The maximum absolute atomic E-state index is 9.48. The maximum Gasteiger partial charge on any atom is 0.0594 e. The van der Waals surface area contributed by atoms with Crippen LogP contribution < -0.4 is 0 Å². The summed E-state index contributed by atoms with van der Waals surface area (Å²) in [4.78, 5) is 0. The van der Waals surface area contributed by atoms with E-state index in [0.717, 1.165) is 32.1 Å². The maximum atomic E-state index is 9.48. The van der Waals surface area contributed by atoms with E-state index in [4.69, 9.17) is 5.11 Å². The summed E-state index contributed by atoms with van der Waals surface area (Å²) in [5, 5.41) is 18.0. The molecule has 0 saturated carbocycles. The van der Waals surface area contributed by atoms with Crippen LogP contribution >= 0.6 is 0 Å². The molecule has 0 aromatic heterocycles. The number of rotatable bonds is 8. The second-order valence-corrected chi connectivity index (χ2v) is 6.82. The predicted octanol–water partition coefficient (Wildman–Crippen LogP) is 4.78. The van der Waals surface area contributed by atoms with E-state index < -0.39 is 5.60 Å². The second-order valence-electron chi connectivity index (χ2n) is 6.82. The molecule has 0 fully saturated rings. The molecule has 2 N–H and O–H groups in total. The van der Waals surface area contributed by atoms with Crippen molar-refractivity contribution in [3.8, 4) is 0 Å². The van der Waals surface area contributed by atoms with E-state index in [-0.39, 0.29) is 0 Å². The van der Waals surface area contributed by atoms with Gasteiger partial charge in [0, 0.05) is 6.61 Å². The largest absolute Gasteiger partial charge is 0.396 e. The van der Waals surface area contributed by atoms with Crippen LogP contribution in [0, 0.1) is 0 Å². The minimum atomic E-state index is -0.546. The van der Waals surface area contributed by atoms with Gasteiger partial charge < -0.3 is 10.2 Å². The molecule has 2 aromatic carbocycles. The smallest absolute Gasteiger partial charge is 0.0594 e. The zero-order chi connectivity index (χ0) is 17.7. The predicted molar refractivity (Wildman–Crippen MR) is 102 cm³/mol. The monoisotopic (exact) mass is 328 g/mol. The number of benzene rings is 2. The topological polar surface area (TPSA) is 40.5 Å². The van der Waals surface area contributed by atoms with Crippen molar-refractivity contribution in [3.63, 3.8) is 0 Å². The third-order valence-corrected chi connectivity index (χ3v) is 3.83. The van der Waals surface area contributed by atoms with Gasteiger partial charge in [-0.1, -0.05) is 67.1 Å². The minimum Gasteiger partial charge on any atom is -0.396 e. The van der Waals surface area contributed by atoms with Gasteiger partial charge in [-0.05, 0) is 57.1 Å². The lowest BCUT2D eigenvalue weighted by Crippen LogP contribution is -2.19. The first-order valence-electron chi connectivity index (χ1n) is 8.92. The number of hydrogen-bond donors (Lipinski definition) is 2. The van der Waals surface area contributed by atoms with Gasteiger partial charge in [0.1, 0.15) is 0 Å². The summed E-state index contributed by atoms with van der Waals surface area (Å²) < 4.78 is 0. The Bertz CT molecular complexity index is 515. The number of unbranched alkanes of at least 4 members (excludes halogenated alkanes) is 2. The number of aliphatic hydroxyl groups is 2. The third-order valence-electron chi connectivity index (χ3n) is 3.83. The Morgan fingerprint density at radius 1 is 0.708 bits per heavy atom. The fourth-order valence-electron chi connectivity index (χ4n) is 2.36. The molecule has 132 valence electrons. The van der Waals surface area contributed by atoms with Crippen LogP contribution in [-0.2, 0) is 12.8 Å². The van der Waals surface area contributed by atoms with Gasteiger partial charge in [0.15, 0.2) is 0 Å². The summed E-state index contributed by atoms with van der Waals surface area (Å²) in [6.45, 7) is 4.01. The molecule has 2 rings (SSSR count). The summed E-state index contributed by atoms with van der Waals surface area (Å²) in [5.74, 6) is 0. The van der Waals surface area contributed by atoms with E-state index in [9.17, 15) is 5.11 Å². The van der Waals surface area contributed by atoms with Crippen LogP contribution in [-0.4, -0.2) is 22.4 Å². The Labute approximate surface area is 147 Å². The molecule has 0 unspecified atom stereocenters. The molecule has 0 atom stereocenters. The van der Waals surface area contributed by atoms with Gasteiger partial charge in [-0.25, -0.2) is 0 Å². The molecular formula is C22H32O2. The lowest BCUT2D eigenvalue weighted by molar-refractivity contribution is 0.0714. The lowest BCUT2D eigenvalue weighted by atomic mass is 9.99. The van der Waals surface area contributed by atoms with E-state index >= 15 is 0 Å². The Hall–Kier alpha value is -1.64. The van der Waals surface area contributed by atoms with Gasteiger partial charge in [0.05, 0.1) is 5.60 Å². The molecule has 0 spiro atoms. The summed E-state index contributed by atoms with van der Waals surface area (Å²) in [7, 11) is 0. The molecule has 0 aliphatic carbocycles. The summed E-state index contributed by atoms with van der Waals surface area (Å²) >= 11 is 0. The van der Waals surface area contributed by atoms with Crippen molar-refractivity contribution in [3.05, 3.63) is 71.8 Å². The van der Waals surface area contributed by atoms with Crippen molar-refractivity contribution in [2.24, 2.45) is 0 Å². The van der Waals surface area contributed by atoms with E-state index in [0.29, 0.717) is 6.61 Å². The van der Waals surface area contributed by atoms with Gasteiger partial charge in [-0.2, -0.15) is 0 Å². The summed E-state index contributed by atoms with van der Waals surface area (Å²) in [6, 6.07) is 20.7. The molecule has 0 aliphatic heterocycles. The Morgan fingerprint density at radius 3 is 1.67 bits per heavy atom. The molecule has 2 nitrogen and oxygen atoms in total. The van der Waals surface area contributed by atoms with Gasteiger partial charge in [0.25, 0.3) is 0 Å². The van der Waals surface area contributed by atoms with Gasteiger partial charge >= 0.3 is 0 Å². The average Bonchev–Trinajstić information content (AvgIpc) is 2.59. The highest BCUT2D eigenvalue weighted by atomic mass is 16.3. The van der Waals surface area contributed by atoms with Crippen LogP contribution in [0.3, 0.4) is 0 Å². The highest BCUT2D eigenvalue weighted by Crippen LogP contribution is 2.12. The van der Waals surface area contributed by atoms with Crippen LogP contribution in [0.5, 0.6) is 0 Å². The van der Waals surface area contributed by atoms with Crippen molar-refractivity contribution in [2.45, 2.75) is 58.0 Å². The third kappa shape index (κ3) is 11.0. The number of aliphatic hydroxyl groups excluding tert-OH is 1. The van der Waals surface area contributed by atoms with Crippen LogP contribution in [0.15, 0.2) is 60.7 Å². The van der Waals surface area contributed by atoms with Crippen molar-refractivity contribution in [1.29, 1.82) is 0 Å². The standard InChI is InChI=1S/2C11H16O/c1-11(2,12)9-8-10-6-4-3-5-7-10;12-10-6-2-5-9-11-7-3-1-4-8-11/h3-7,12H,8-9H2,1-2H3;1,3-4,7-8,12H,2,5-6,9-10H2. The van der Waals surface area contributed by atoms with Crippen molar-refractivity contribution in [2.75, 3.05) is 6.61 Å². The Balaban J connectivity index is 0.000000240. The van der Waals surface area contributed by atoms with Gasteiger partial charge in [-0.15, -0.1) is 0 Å². The molecule has 0 bridgehead atoms. The fourth-order valence-corrected chi connectivity index (χ4v) is 2.36. The van der Waals surface area contributed by atoms with E-state index in [1.165, 1.54) is 17.5 Å². The Morgan fingerprint density at radius 2 is 1.21 bits per heavy atom. The van der Waals surface area contributed by atoms with Crippen molar-refractivity contribution >= 4 is 0 Å². The zero-order valence-corrected chi connectivity index (χ0v) is 15.1. The molecule has 0 heterocycles. The van der Waals surface area contributed by atoms with Gasteiger partial charge in [0.2, 0.25) is 0 Å². The first kappa shape index (κ1) is 20.4. The van der Waals surface area contributed by atoms with Gasteiger partial charge in [-0.3, -0.25) is 0 Å². The first-order valence-corrected chi connectivity index (χ1v) is 8.92. The first-order chi connectivity index (χ1) is 11.5. The summed E-state index contributed by atoms with van der Waals surface area (Å²) in [5.41, 5.74) is 2.14. The summed E-state index contributed by atoms with van der Waals surface area (Å²) in [6.07, 6.45) is 6.16. The second kappa shape index (κ2) is 11.8. The minimum absolute atomic E-state index is 0.328. The Kier molecular flexibility index (Phi) is 10.1. The van der Waals surface area contributed by atoms with E-state index in [2.05, 4.69) is 36.4 Å². The highest BCUT2D eigenvalue weighted by molar-refractivity contribution is 5.15.